The topological polar surface area (TPSA) is 128 Å². The Kier molecular flexibility index (Phi) is 7.55. The predicted molar refractivity (Wildman–Crippen MR) is 143 cm³/mol. The first-order chi connectivity index (χ1) is 17.4. The van der Waals surface area contributed by atoms with Gasteiger partial charge in [0.1, 0.15) is 29.5 Å². The average molecular weight is 488 g/mol. The molecule has 0 aliphatic rings. The molecule has 0 saturated carbocycles. The maximum Gasteiger partial charge on any atom is 0.259 e. The van der Waals surface area contributed by atoms with Gasteiger partial charge in [-0.3, -0.25) is 9.36 Å². The second-order valence-electron chi connectivity index (χ2n) is 8.25. The molecule has 0 atom stereocenters. The third kappa shape index (κ3) is 5.33. The number of nitrogens with zero attached hydrogens (tertiary/aromatic N) is 5. The van der Waals surface area contributed by atoms with Gasteiger partial charge in [0.05, 0.1) is 5.39 Å². The minimum atomic E-state index is -0.246. The lowest BCUT2D eigenvalue weighted by Crippen LogP contribution is -2.27. The number of nitroso groups, excluding NO2 is 1. The number of fused-ring (bicyclic) bond motifs is 1. The van der Waals surface area contributed by atoms with Crippen LogP contribution in [-0.4, -0.2) is 45.7 Å². The van der Waals surface area contributed by atoms with Crippen LogP contribution >= 0.6 is 0 Å². The molecule has 0 radical (unpaired) electrons. The molecule has 186 valence electrons. The molecule has 2 heterocycles. The number of ether oxygens (including phenoxy) is 1. The van der Waals surface area contributed by atoms with Gasteiger partial charge in [-0.2, -0.15) is 9.97 Å². The van der Waals surface area contributed by atoms with E-state index >= 15 is 0 Å². The molecule has 2 aromatic heterocycles. The summed E-state index contributed by atoms with van der Waals surface area (Å²) >= 11 is 0. The first-order valence-corrected chi connectivity index (χ1v) is 11.8. The van der Waals surface area contributed by atoms with Crippen molar-refractivity contribution in [3.63, 3.8) is 0 Å². The van der Waals surface area contributed by atoms with Crippen LogP contribution in [0.5, 0.6) is 5.75 Å². The van der Waals surface area contributed by atoms with E-state index in [1.807, 2.05) is 24.3 Å². The molecular formula is C26H29N7O3. The first kappa shape index (κ1) is 24.8. The van der Waals surface area contributed by atoms with Gasteiger partial charge in [0, 0.05) is 24.8 Å². The molecule has 3 N–H and O–H groups in total. The van der Waals surface area contributed by atoms with E-state index < -0.39 is 0 Å². The number of pyridine rings is 1. The third-order valence-electron chi connectivity index (χ3n) is 6.06. The van der Waals surface area contributed by atoms with E-state index in [9.17, 15) is 9.70 Å². The second-order valence-corrected chi connectivity index (χ2v) is 8.25. The Balaban J connectivity index is 1.55. The molecule has 4 rings (SSSR count). The van der Waals surface area contributed by atoms with Crippen LogP contribution in [-0.2, 0) is 7.05 Å². The van der Waals surface area contributed by atoms with E-state index in [4.69, 9.17) is 10.5 Å². The van der Waals surface area contributed by atoms with Crippen molar-refractivity contribution in [1.82, 2.24) is 19.4 Å². The Morgan fingerprint density at radius 1 is 1.06 bits per heavy atom. The maximum atomic E-state index is 13.1. The Hall–Kier alpha value is -4.31. The van der Waals surface area contributed by atoms with Crippen molar-refractivity contribution in [2.45, 2.75) is 13.8 Å². The Labute approximate surface area is 208 Å². The lowest BCUT2D eigenvalue weighted by Gasteiger charge is -2.18. The molecule has 36 heavy (non-hydrogen) atoms. The van der Waals surface area contributed by atoms with E-state index in [0.717, 1.165) is 31.1 Å². The van der Waals surface area contributed by atoms with E-state index in [1.165, 1.54) is 4.57 Å². The van der Waals surface area contributed by atoms with Crippen molar-refractivity contribution in [3.05, 3.63) is 69.9 Å². The van der Waals surface area contributed by atoms with Crippen LogP contribution in [0.25, 0.3) is 22.2 Å². The lowest BCUT2D eigenvalue weighted by atomic mass is 10.1. The van der Waals surface area contributed by atoms with Crippen molar-refractivity contribution < 1.29 is 4.74 Å². The highest BCUT2D eigenvalue weighted by Crippen LogP contribution is 2.26. The summed E-state index contributed by atoms with van der Waals surface area (Å²) in [5, 5.41) is 6.58. The van der Waals surface area contributed by atoms with Crippen molar-refractivity contribution in [1.29, 1.82) is 0 Å². The van der Waals surface area contributed by atoms with Crippen LogP contribution in [0.2, 0.25) is 0 Å². The summed E-state index contributed by atoms with van der Waals surface area (Å²) in [6.07, 6.45) is 0. The van der Waals surface area contributed by atoms with Gasteiger partial charge in [-0.1, -0.05) is 26.0 Å². The number of anilines is 3. The number of aromatic nitrogens is 3. The lowest BCUT2D eigenvalue weighted by molar-refractivity contribution is 0.223. The molecule has 0 unspecified atom stereocenters. The summed E-state index contributed by atoms with van der Waals surface area (Å²) in [6.45, 7) is 7.75. The van der Waals surface area contributed by atoms with Crippen molar-refractivity contribution in [3.8, 4) is 16.9 Å². The van der Waals surface area contributed by atoms with E-state index in [0.29, 0.717) is 28.8 Å². The highest BCUT2D eigenvalue weighted by Gasteiger charge is 2.14. The summed E-state index contributed by atoms with van der Waals surface area (Å²) in [5.41, 5.74) is 8.54. The Morgan fingerprint density at radius 2 is 1.75 bits per heavy atom. The molecule has 0 fully saturated rings. The summed E-state index contributed by atoms with van der Waals surface area (Å²) in [7, 11) is 1.63. The van der Waals surface area contributed by atoms with Gasteiger partial charge in [-0.25, -0.2) is 0 Å². The number of hydrogen-bond acceptors (Lipinski definition) is 9. The quantitative estimate of drug-likeness (QED) is 0.314. The Bertz CT molecular complexity index is 1410. The van der Waals surface area contributed by atoms with Gasteiger partial charge in [0.2, 0.25) is 5.95 Å². The Morgan fingerprint density at radius 3 is 2.39 bits per heavy atom. The number of benzene rings is 2. The molecule has 0 bridgehead atoms. The standard InChI is InChI=1S/C26H29N7O3/c1-4-33(5-2)14-15-36-20-12-10-18(11-13-20)28-26-29-23(27)22-16-21(25(34)32(3)24(22)30-26)17-6-8-19(31-35)9-7-17/h6-13,16H,4-5,14-15H2,1-3H3,(H3,27,28,29,30). The van der Waals surface area contributed by atoms with Crippen molar-refractivity contribution in [2.24, 2.45) is 12.2 Å². The van der Waals surface area contributed by atoms with Gasteiger partial charge in [0.15, 0.2) is 0 Å². The minimum absolute atomic E-state index is 0.238. The molecular weight excluding hydrogens is 458 g/mol. The molecule has 0 spiro atoms. The predicted octanol–water partition coefficient (Wildman–Crippen LogP) is 4.44. The molecule has 0 aliphatic carbocycles. The van der Waals surface area contributed by atoms with Crippen LogP contribution in [0.1, 0.15) is 13.8 Å². The fourth-order valence-electron chi connectivity index (χ4n) is 3.91. The summed E-state index contributed by atoms with van der Waals surface area (Å²) in [6, 6.07) is 15.6. The van der Waals surface area contributed by atoms with Gasteiger partial charge in [0.25, 0.3) is 5.56 Å². The largest absolute Gasteiger partial charge is 0.492 e. The van der Waals surface area contributed by atoms with Crippen molar-refractivity contribution in [2.75, 3.05) is 37.3 Å². The number of nitrogens with two attached hydrogens (primary N) is 1. The number of nitrogens with one attached hydrogen (secondary N) is 1. The highest BCUT2D eigenvalue weighted by molar-refractivity contribution is 5.90. The molecule has 10 nitrogen and oxygen atoms in total. The summed E-state index contributed by atoms with van der Waals surface area (Å²) in [4.78, 5) is 35.0. The smallest absolute Gasteiger partial charge is 0.259 e. The third-order valence-corrected chi connectivity index (χ3v) is 6.06. The molecule has 0 amide bonds. The fourth-order valence-corrected chi connectivity index (χ4v) is 3.91. The van der Waals surface area contributed by atoms with Crippen molar-refractivity contribution >= 4 is 34.2 Å². The zero-order chi connectivity index (χ0) is 25.7. The second kappa shape index (κ2) is 11.0. The molecule has 0 saturated heterocycles. The van der Waals surface area contributed by atoms with Crippen LogP contribution < -0.4 is 21.3 Å². The minimum Gasteiger partial charge on any atom is -0.492 e. The monoisotopic (exact) mass is 487 g/mol. The number of nitrogen functional groups attached to an aromatic ring is 1. The zero-order valence-electron chi connectivity index (χ0n) is 20.6. The van der Waals surface area contributed by atoms with Crippen LogP contribution in [0.15, 0.2) is 64.6 Å². The first-order valence-electron chi connectivity index (χ1n) is 11.8. The fraction of sp³-hybridized carbons (Fsp3) is 0.269. The normalized spacial score (nSPS) is 11.1. The van der Waals surface area contributed by atoms with Gasteiger partial charge in [-0.05, 0) is 66.3 Å². The van der Waals surface area contributed by atoms with Crippen LogP contribution in [0.4, 0.5) is 23.1 Å². The molecule has 2 aromatic carbocycles. The molecule has 10 heteroatoms. The van der Waals surface area contributed by atoms with Gasteiger partial charge < -0.3 is 20.7 Å². The molecule has 0 aliphatic heterocycles. The SMILES string of the molecule is CCN(CC)CCOc1ccc(Nc2nc(N)c3cc(-c4ccc(N=O)cc4)c(=O)n(C)c3n2)cc1. The number of rotatable bonds is 10. The summed E-state index contributed by atoms with van der Waals surface area (Å²) < 4.78 is 7.27. The van der Waals surface area contributed by atoms with E-state index in [2.05, 4.69) is 39.2 Å². The average Bonchev–Trinajstić information content (AvgIpc) is 2.90. The number of aryl methyl sites for hydroxylation is 1. The summed E-state index contributed by atoms with van der Waals surface area (Å²) in [5.74, 6) is 1.29. The van der Waals surface area contributed by atoms with E-state index in [-0.39, 0.29) is 23.0 Å². The zero-order valence-corrected chi connectivity index (χ0v) is 20.6. The molecule has 4 aromatic rings. The van der Waals surface area contributed by atoms with Crippen LogP contribution in [0.3, 0.4) is 0 Å². The maximum absolute atomic E-state index is 13.1. The number of likely N-dealkylation sites (N-methyl/N-ethyl adjacent to an activating group) is 1. The van der Waals surface area contributed by atoms with Gasteiger partial charge >= 0.3 is 0 Å². The highest BCUT2D eigenvalue weighted by atomic mass is 16.5. The number of hydrogen-bond donors (Lipinski definition) is 2. The van der Waals surface area contributed by atoms with Gasteiger partial charge in [-0.15, -0.1) is 4.91 Å². The van der Waals surface area contributed by atoms with Crippen LogP contribution in [0, 0.1) is 4.91 Å². The van der Waals surface area contributed by atoms with E-state index in [1.54, 1.807) is 37.4 Å².